The maximum absolute atomic E-state index is 11.7. The summed E-state index contributed by atoms with van der Waals surface area (Å²) in [6.07, 6.45) is 3.49. The van der Waals surface area contributed by atoms with Crippen LogP contribution >= 0.6 is 0 Å². The van der Waals surface area contributed by atoms with Gasteiger partial charge >= 0.3 is 0 Å². The third-order valence-electron chi connectivity index (χ3n) is 3.97. The van der Waals surface area contributed by atoms with E-state index >= 15 is 0 Å². The zero-order chi connectivity index (χ0) is 19.4. The van der Waals surface area contributed by atoms with Crippen LogP contribution in [-0.2, 0) is 4.79 Å². The van der Waals surface area contributed by atoms with Gasteiger partial charge in [-0.05, 0) is 30.7 Å². The predicted molar refractivity (Wildman–Crippen MR) is 102 cm³/mol. The number of hydrogen-bond donors (Lipinski definition) is 4. The van der Waals surface area contributed by atoms with Crippen LogP contribution in [0.2, 0.25) is 0 Å². The minimum atomic E-state index is -0.673. The average molecular weight is 365 g/mol. The van der Waals surface area contributed by atoms with Crippen LogP contribution < -0.4 is 22.1 Å². The van der Waals surface area contributed by atoms with Gasteiger partial charge in [-0.15, -0.1) is 0 Å². The van der Waals surface area contributed by atoms with E-state index in [4.69, 9.17) is 11.5 Å². The number of benzene rings is 1. The van der Waals surface area contributed by atoms with Gasteiger partial charge in [0.25, 0.3) is 5.91 Å². The standard InChI is InChI=1S/C18H19N7O2/c1-2-13(16(20)27)24-18-22-9-12(15(19)26)17(25-18)23-11-5-6-14-10(8-11)4-3-7-21-14/h3-9,13H,2H2,1H3,(H2,19,26)(H2,20,27)(H2,22,23,24,25)/t13-/m1/s1. The Labute approximate surface area is 155 Å². The SMILES string of the molecule is CC[C@@H](Nc1ncc(C(N)=O)c(Nc2ccc3ncccc3c2)n1)C(N)=O. The van der Waals surface area contributed by atoms with Crippen LogP contribution in [0.5, 0.6) is 0 Å². The Kier molecular flexibility index (Phi) is 5.11. The first-order chi connectivity index (χ1) is 13.0. The van der Waals surface area contributed by atoms with Crippen molar-refractivity contribution >= 4 is 40.2 Å². The Morgan fingerprint density at radius 1 is 1.19 bits per heavy atom. The summed E-state index contributed by atoms with van der Waals surface area (Å²) in [5.74, 6) is -0.803. The molecule has 0 aliphatic rings. The number of pyridine rings is 1. The second-order valence-electron chi connectivity index (χ2n) is 5.86. The van der Waals surface area contributed by atoms with Gasteiger partial charge in [0.1, 0.15) is 17.4 Å². The number of rotatable bonds is 7. The van der Waals surface area contributed by atoms with Gasteiger partial charge in [-0.25, -0.2) is 4.98 Å². The summed E-state index contributed by atoms with van der Waals surface area (Å²) in [6.45, 7) is 1.81. The summed E-state index contributed by atoms with van der Waals surface area (Å²) in [6, 6.07) is 8.68. The van der Waals surface area contributed by atoms with E-state index in [1.807, 2.05) is 37.3 Å². The van der Waals surface area contributed by atoms with Gasteiger partial charge in [0.15, 0.2) is 0 Å². The molecule has 1 aromatic carbocycles. The van der Waals surface area contributed by atoms with E-state index in [1.165, 1.54) is 6.20 Å². The fourth-order valence-electron chi connectivity index (χ4n) is 2.55. The molecule has 2 amide bonds. The first-order valence-corrected chi connectivity index (χ1v) is 8.32. The van der Waals surface area contributed by atoms with E-state index in [-0.39, 0.29) is 17.3 Å². The average Bonchev–Trinajstić information content (AvgIpc) is 2.65. The molecular weight excluding hydrogens is 346 g/mol. The lowest BCUT2D eigenvalue weighted by atomic mass is 10.2. The van der Waals surface area contributed by atoms with Crippen molar-refractivity contribution in [2.24, 2.45) is 11.5 Å². The number of nitrogens with one attached hydrogen (secondary N) is 2. The lowest BCUT2D eigenvalue weighted by molar-refractivity contribution is -0.118. The second-order valence-corrected chi connectivity index (χ2v) is 5.86. The minimum absolute atomic E-state index is 0.124. The summed E-state index contributed by atoms with van der Waals surface area (Å²) >= 11 is 0. The molecule has 0 radical (unpaired) electrons. The normalized spacial score (nSPS) is 11.7. The molecule has 138 valence electrons. The number of aromatic nitrogens is 3. The number of primary amides is 2. The molecule has 2 heterocycles. The fourth-order valence-corrected chi connectivity index (χ4v) is 2.55. The molecule has 2 aromatic heterocycles. The molecule has 6 N–H and O–H groups in total. The van der Waals surface area contributed by atoms with Gasteiger partial charge < -0.3 is 22.1 Å². The highest BCUT2D eigenvalue weighted by molar-refractivity contribution is 5.98. The number of carbonyl (C=O) groups is 2. The van der Waals surface area contributed by atoms with E-state index in [0.29, 0.717) is 12.1 Å². The predicted octanol–water partition coefficient (Wildman–Crippen LogP) is 1.54. The third-order valence-corrected chi connectivity index (χ3v) is 3.97. The van der Waals surface area contributed by atoms with Gasteiger partial charge in [0.05, 0.1) is 5.52 Å². The van der Waals surface area contributed by atoms with E-state index in [0.717, 1.165) is 10.9 Å². The number of fused-ring (bicyclic) bond motifs is 1. The molecule has 9 heteroatoms. The number of carbonyl (C=O) groups excluding carboxylic acids is 2. The van der Waals surface area contributed by atoms with Crippen molar-refractivity contribution in [2.75, 3.05) is 10.6 Å². The monoisotopic (exact) mass is 365 g/mol. The van der Waals surface area contributed by atoms with E-state index in [9.17, 15) is 9.59 Å². The van der Waals surface area contributed by atoms with Crippen LogP contribution in [0.25, 0.3) is 10.9 Å². The zero-order valence-electron chi connectivity index (χ0n) is 14.6. The molecule has 0 aliphatic heterocycles. The molecule has 9 nitrogen and oxygen atoms in total. The van der Waals surface area contributed by atoms with Gasteiger partial charge in [-0.3, -0.25) is 14.6 Å². The number of hydrogen-bond acceptors (Lipinski definition) is 7. The smallest absolute Gasteiger partial charge is 0.254 e. The molecule has 3 rings (SSSR count). The molecule has 0 unspecified atom stereocenters. The summed E-state index contributed by atoms with van der Waals surface area (Å²) < 4.78 is 0. The van der Waals surface area contributed by atoms with Crippen molar-refractivity contribution in [1.82, 2.24) is 15.0 Å². The number of nitrogens with zero attached hydrogens (tertiary/aromatic N) is 3. The fraction of sp³-hybridized carbons (Fsp3) is 0.167. The first-order valence-electron chi connectivity index (χ1n) is 8.32. The lowest BCUT2D eigenvalue weighted by Gasteiger charge is -2.15. The van der Waals surface area contributed by atoms with Crippen molar-refractivity contribution in [1.29, 1.82) is 0 Å². The molecular formula is C18H19N7O2. The maximum Gasteiger partial charge on any atom is 0.254 e. The van der Waals surface area contributed by atoms with Crippen molar-refractivity contribution in [3.63, 3.8) is 0 Å². The van der Waals surface area contributed by atoms with E-state index in [2.05, 4.69) is 25.6 Å². The van der Waals surface area contributed by atoms with E-state index in [1.54, 1.807) is 6.20 Å². The zero-order valence-corrected chi connectivity index (χ0v) is 14.6. The van der Waals surface area contributed by atoms with Crippen molar-refractivity contribution in [3.05, 3.63) is 48.3 Å². The largest absolute Gasteiger partial charge is 0.368 e. The van der Waals surface area contributed by atoms with Crippen molar-refractivity contribution in [2.45, 2.75) is 19.4 Å². The molecule has 0 fully saturated rings. The van der Waals surface area contributed by atoms with E-state index < -0.39 is 17.9 Å². The van der Waals surface area contributed by atoms with Gasteiger partial charge in [0.2, 0.25) is 11.9 Å². The Morgan fingerprint density at radius 2 is 2.00 bits per heavy atom. The van der Waals surface area contributed by atoms with Crippen LogP contribution in [-0.4, -0.2) is 32.8 Å². The topological polar surface area (TPSA) is 149 Å². The summed E-state index contributed by atoms with van der Waals surface area (Å²) in [5, 5.41) is 6.85. The molecule has 0 saturated heterocycles. The molecule has 1 atom stereocenters. The number of anilines is 3. The second kappa shape index (κ2) is 7.65. The highest BCUT2D eigenvalue weighted by Gasteiger charge is 2.17. The highest BCUT2D eigenvalue weighted by Crippen LogP contribution is 2.23. The highest BCUT2D eigenvalue weighted by atomic mass is 16.1. The molecule has 0 bridgehead atoms. The Morgan fingerprint density at radius 3 is 2.70 bits per heavy atom. The van der Waals surface area contributed by atoms with Gasteiger partial charge in [0, 0.05) is 23.5 Å². The van der Waals surface area contributed by atoms with Crippen LogP contribution in [0.15, 0.2) is 42.7 Å². The minimum Gasteiger partial charge on any atom is -0.368 e. The quantitative estimate of drug-likeness (QED) is 0.496. The Hall–Kier alpha value is -3.75. The van der Waals surface area contributed by atoms with Crippen LogP contribution in [0.1, 0.15) is 23.7 Å². The molecule has 0 aliphatic carbocycles. The maximum atomic E-state index is 11.7. The molecule has 3 aromatic rings. The molecule has 27 heavy (non-hydrogen) atoms. The van der Waals surface area contributed by atoms with Crippen LogP contribution in [0.3, 0.4) is 0 Å². The summed E-state index contributed by atoms with van der Waals surface area (Å²) in [5.41, 5.74) is 12.4. The molecule has 0 saturated carbocycles. The Balaban J connectivity index is 1.94. The number of amides is 2. The lowest BCUT2D eigenvalue weighted by Crippen LogP contribution is -2.35. The number of nitrogens with two attached hydrogens (primary N) is 2. The third kappa shape index (κ3) is 4.09. The van der Waals surface area contributed by atoms with Crippen molar-refractivity contribution < 1.29 is 9.59 Å². The summed E-state index contributed by atoms with van der Waals surface area (Å²) in [7, 11) is 0. The van der Waals surface area contributed by atoms with Gasteiger partial charge in [-0.2, -0.15) is 4.98 Å². The van der Waals surface area contributed by atoms with Crippen LogP contribution in [0.4, 0.5) is 17.5 Å². The molecule has 0 spiro atoms. The Bertz CT molecular complexity index is 1010. The summed E-state index contributed by atoms with van der Waals surface area (Å²) in [4.78, 5) is 35.7. The van der Waals surface area contributed by atoms with Crippen LogP contribution in [0, 0.1) is 0 Å². The van der Waals surface area contributed by atoms with Gasteiger partial charge in [-0.1, -0.05) is 13.0 Å². The first kappa shape index (κ1) is 18.1. The van der Waals surface area contributed by atoms with Crippen molar-refractivity contribution in [3.8, 4) is 0 Å².